The van der Waals surface area contributed by atoms with Crippen LogP contribution < -0.4 is 15.5 Å². The van der Waals surface area contributed by atoms with E-state index in [-0.39, 0.29) is 11.8 Å². The molecule has 1 aromatic heterocycles. The van der Waals surface area contributed by atoms with Crippen LogP contribution in [-0.2, 0) is 4.79 Å². The summed E-state index contributed by atoms with van der Waals surface area (Å²) in [6, 6.07) is 0. The molecule has 0 saturated heterocycles. The van der Waals surface area contributed by atoms with Gasteiger partial charge >= 0.3 is 0 Å². The topological polar surface area (TPSA) is 70.2 Å². The molecule has 0 fully saturated rings. The van der Waals surface area contributed by atoms with Crippen LogP contribution in [0.25, 0.3) is 0 Å². The smallest absolute Gasteiger partial charge is 0.221 e. The van der Waals surface area contributed by atoms with Gasteiger partial charge in [-0.3, -0.25) is 4.79 Å². The second-order valence-electron chi connectivity index (χ2n) is 5.13. The number of aromatic nitrogens is 2. The molecular formula is C14H25N5O. The van der Waals surface area contributed by atoms with Gasteiger partial charge in [-0.1, -0.05) is 13.8 Å². The Morgan fingerprint density at radius 2 is 1.95 bits per heavy atom. The summed E-state index contributed by atoms with van der Waals surface area (Å²) in [6.07, 6.45) is 0.447. The number of nitrogens with one attached hydrogen (secondary N) is 2. The van der Waals surface area contributed by atoms with Gasteiger partial charge in [0, 0.05) is 45.6 Å². The van der Waals surface area contributed by atoms with Crippen LogP contribution in [0.1, 0.15) is 37.6 Å². The fraction of sp³-hybridized carbons (Fsp3) is 0.643. The number of amides is 1. The van der Waals surface area contributed by atoms with Crippen LogP contribution in [0.5, 0.6) is 0 Å². The van der Waals surface area contributed by atoms with Crippen molar-refractivity contribution in [3.63, 3.8) is 0 Å². The van der Waals surface area contributed by atoms with E-state index in [0.29, 0.717) is 13.0 Å². The third-order valence-corrected chi connectivity index (χ3v) is 3.21. The molecule has 0 aliphatic heterocycles. The van der Waals surface area contributed by atoms with Crippen molar-refractivity contribution in [3.05, 3.63) is 11.4 Å². The largest absolute Gasteiger partial charge is 0.373 e. The third-order valence-electron chi connectivity index (χ3n) is 3.21. The molecule has 2 N–H and O–H groups in total. The average Bonchev–Trinajstić information content (AvgIpc) is 2.44. The maximum absolute atomic E-state index is 11.3. The summed E-state index contributed by atoms with van der Waals surface area (Å²) in [4.78, 5) is 22.5. The molecule has 112 valence electrons. The van der Waals surface area contributed by atoms with E-state index >= 15 is 0 Å². The monoisotopic (exact) mass is 279 g/mol. The number of carbonyl (C=O) groups is 1. The molecule has 0 atom stereocenters. The third kappa shape index (κ3) is 3.82. The predicted octanol–water partition coefficient (Wildman–Crippen LogP) is 1.52. The maximum Gasteiger partial charge on any atom is 0.221 e. The number of anilines is 2. The minimum atomic E-state index is 0.0292. The van der Waals surface area contributed by atoms with Crippen molar-refractivity contribution >= 4 is 17.5 Å². The Bertz CT molecular complexity index is 473. The predicted molar refractivity (Wildman–Crippen MR) is 82.4 cm³/mol. The van der Waals surface area contributed by atoms with Gasteiger partial charge < -0.3 is 15.5 Å². The minimum Gasteiger partial charge on any atom is -0.373 e. The molecule has 20 heavy (non-hydrogen) atoms. The highest BCUT2D eigenvalue weighted by Crippen LogP contribution is 2.25. The summed E-state index contributed by atoms with van der Waals surface area (Å²) in [7, 11) is 5.45. The normalized spacial score (nSPS) is 10.6. The first-order valence-electron chi connectivity index (χ1n) is 6.88. The van der Waals surface area contributed by atoms with E-state index in [1.54, 1.807) is 7.05 Å². The van der Waals surface area contributed by atoms with Gasteiger partial charge in [-0.05, 0) is 6.92 Å². The highest BCUT2D eigenvalue weighted by Gasteiger charge is 2.15. The molecule has 0 aliphatic carbocycles. The summed E-state index contributed by atoms with van der Waals surface area (Å²) in [5.74, 6) is 2.81. The molecular weight excluding hydrogens is 254 g/mol. The SMILES string of the molecule is CNC(=O)CCN(C)c1nc(C(C)C)nc(NC)c1C. The zero-order valence-corrected chi connectivity index (χ0v) is 13.2. The van der Waals surface area contributed by atoms with Crippen LogP contribution in [-0.4, -0.2) is 43.6 Å². The van der Waals surface area contributed by atoms with Gasteiger partial charge in [-0.2, -0.15) is 0 Å². The van der Waals surface area contributed by atoms with E-state index in [0.717, 1.165) is 23.0 Å². The maximum atomic E-state index is 11.3. The summed E-state index contributed by atoms with van der Waals surface area (Å²) in [6.45, 7) is 6.75. The first-order chi connectivity index (χ1) is 9.40. The molecule has 1 rings (SSSR count). The fourth-order valence-corrected chi connectivity index (χ4v) is 1.90. The zero-order chi connectivity index (χ0) is 15.3. The fourth-order valence-electron chi connectivity index (χ4n) is 1.90. The standard InChI is InChI=1S/C14H25N5O/c1-9(2)12-17-13(16-5)10(3)14(18-12)19(6)8-7-11(20)15-4/h9H,7-8H2,1-6H3,(H,15,20)(H,16,17,18). The first kappa shape index (κ1) is 16.2. The molecule has 6 heteroatoms. The molecule has 0 unspecified atom stereocenters. The molecule has 0 bridgehead atoms. The van der Waals surface area contributed by atoms with Crippen LogP contribution in [0.3, 0.4) is 0 Å². The van der Waals surface area contributed by atoms with E-state index in [1.165, 1.54) is 0 Å². The quantitative estimate of drug-likeness (QED) is 0.826. The molecule has 0 aliphatic rings. The van der Waals surface area contributed by atoms with Gasteiger partial charge in [0.15, 0.2) is 0 Å². The number of rotatable bonds is 6. The van der Waals surface area contributed by atoms with Crippen molar-refractivity contribution in [2.45, 2.75) is 33.1 Å². The first-order valence-corrected chi connectivity index (χ1v) is 6.88. The Hall–Kier alpha value is -1.85. The number of carbonyl (C=O) groups excluding carboxylic acids is 1. The van der Waals surface area contributed by atoms with Gasteiger partial charge in [-0.15, -0.1) is 0 Å². The summed E-state index contributed by atoms with van der Waals surface area (Å²) >= 11 is 0. The van der Waals surface area contributed by atoms with Crippen LogP contribution in [0.4, 0.5) is 11.6 Å². The van der Waals surface area contributed by atoms with Crippen molar-refractivity contribution in [2.24, 2.45) is 0 Å². The van der Waals surface area contributed by atoms with Crippen molar-refractivity contribution in [2.75, 3.05) is 37.9 Å². The highest BCUT2D eigenvalue weighted by molar-refractivity contribution is 5.76. The molecule has 6 nitrogen and oxygen atoms in total. The summed E-state index contributed by atoms with van der Waals surface area (Å²) in [5, 5.41) is 5.73. The average molecular weight is 279 g/mol. The van der Waals surface area contributed by atoms with Crippen LogP contribution in [0.15, 0.2) is 0 Å². The lowest BCUT2D eigenvalue weighted by atomic mass is 10.2. The number of nitrogens with zero attached hydrogens (tertiary/aromatic N) is 3. The van der Waals surface area contributed by atoms with Gasteiger partial charge in [-0.25, -0.2) is 9.97 Å². The molecule has 1 amide bonds. The number of hydrogen-bond donors (Lipinski definition) is 2. The van der Waals surface area contributed by atoms with Crippen molar-refractivity contribution in [1.29, 1.82) is 0 Å². The van der Waals surface area contributed by atoms with Crippen molar-refractivity contribution < 1.29 is 4.79 Å². The van der Waals surface area contributed by atoms with Crippen LogP contribution >= 0.6 is 0 Å². The molecule has 0 saturated carbocycles. The molecule has 0 aromatic carbocycles. The molecule has 1 heterocycles. The van der Waals surface area contributed by atoms with Crippen molar-refractivity contribution in [3.8, 4) is 0 Å². The lowest BCUT2D eigenvalue weighted by molar-refractivity contribution is -0.120. The van der Waals surface area contributed by atoms with Crippen LogP contribution in [0.2, 0.25) is 0 Å². The second-order valence-corrected chi connectivity index (χ2v) is 5.13. The van der Waals surface area contributed by atoms with E-state index < -0.39 is 0 Å². The minimum absolute atomic E-state index is 0.0292. The van der Waals surface area contributed by atoms with E-state index in [2.05, 4.69) is 34.4 Å². The summed E-state index contributed by atoms with van der Waals surface area (Å²) in [5.41, 5.74) is 0.997. The molecule has 0 radical (unpaired) electrons. The van der Waals surface area contributed by atoms with Gasteiger partial charge in [0.25, 0.3) is 0 Å². The zero-order valence-electron chi connectivity index (χ0n) is 13.2. The Balaban J connectivity index is 3.02. The van der Waals surface area contributed by atoms with Crippen LogP contribution in [0, 0.1) is 6.92 Å². The Labute approximate surface area is 121 Å². The number of hydrogen-bond acceptors (Lipinski definition) is 5. The van der Waals surface area contributed by atoms with Gasteiger partial charge in [0.1, 0.15) is 17.5 Å². The van der Waals surface area contributed by atoms with Crippen molar-refractivity contribution in [1.82, 2.24) is 15.3 Å². The molecule has 0 spiro atoms. The van der Waals surface area contributed by atoms with Gasteiger partial charge in [0.2, 0.25) is 5.91 Å². The lowest BCUT2D eigenvalue weighted by Crippen LogP contribution is -2.28. The Morgan fingerprint density at radius 1 is 1.30 bits per heavy atom. The second kappa shape index (κ2) is 7.07. The summed E-state index contributed by atoms with van der Waals surface area (Å²) < 4.78 is 0. The van der Waals surface area contributed by atoms with E-state index in [1.807, 2.05) is 25.9 Å². The Morgan fingerprint density at radius 3 is 2.45 bits per heavy atom. The highest BCUT2D eigenvalue weighted by atomic mass is 16.1. The van der Waals surface area contributed by atoms with Gasteiger partial charge in [0.05, 0.1) is 0 Å². The lowest BCUT2D eigenvalue weighted by Gasteiger charge is -2.22. The van der Waals surface area contributed by atoms with E-state index in [9.17, 15) is 4.79 Å². The Kier molecular flexibility index (Phi) is 5.73. The molecule has 1 aromatic rings. The van der Waals surface area contributed by atoms with E-state index in [4.69, 9.17) is 0 Å².